The Balaban J connectivity index is 1.88. The summed E-state index contributed by atoms with van der Waals surface area (Å²) in [5, 5.41) is 0. The molecule has 0 spiro atoms. The number of benzene rings is 4. The quantitative estimate of drug-likeness (QED) is 0.213. The second-order valence-electron chi connectivity index (χ2n) is 8.85. The molecule has 0 bridgehead atoms. The van der Waals surface area contributed by atoms with Gasteiger partial charge in [-0.15, -0.1) is 0 Å². The fourth-order valence-corrected chi connectivity index (χ4v) is 3.98. The molecule has 4 rings (SSSR count). The lowest BCUT2D eigenvalue weighted by molar-refractivity contribution is 0.0680. The van der Waals surface area contributed by atoms with Crippen LogP contribution in [0.1, 0.15) is 45.7 Å². The van der Waals surface area contributed by atoms with E-state index in [0.29, 0.717) is 23.1 Å². The molecule has 0 aliphatic heterocycles. The minimum atomic E-state index is -0.506. The van der Waals surface area contributed by atoms with Gasteiger partial charge in [0, 0.05) is 5.56 Å². The van der Waals surface area contributed by atoms with Crippen LogP contribution in [0.2, 0.25) is 0 Å². The molecule has 4 aromatic carbocycles. The normalized spacial score (nSPS) is 10.7. The van der Waals surface area contributed by atoms with E-state index in [-0.39, 0.29) is 17.4 Å². The predicted molar refractivity (Wildman–Crippen MR) is 138 cm³/mol. The third kappa shape index (κ3) is 5.67. The minimum Gasteiger partial charge on any atom is -0.419 e. The zero-order valence-electron chi connectivity index (χ0n) is 20.2. The van der Waals surface area contributed by atoms with Crippen LogP contribution in [0.4, 0.5) is 0 Å². The molecule has 4 aromatic rings. The van der Waals surface area contributed by atoms with Crippen molar-refractivity contribution >= 4 is 11.9 Å². The summed E-state index contributed by atoms with van der Waals surface area (Å²) in [5.41, 5.74) is 4.33. The van der Waals surface area contributed by atoms with Crippen molar-refractivity contribution in [3.63, 3.8) is 0 Å². The lowest BCUT2D eigenvalue weighted by atomic mass is 9.90. The van der Waals surface area contributed by atoms with Crippen LogP contribution in [0.15, 0.2) is 97.1 Å². The summed E-state index contributed by atoms with van der Waals surface area (Å²) in [6.07, 6.45) is 0.637. The van der Waals surface area contributed by atoms with Crippen LogP contribution in [0.3, 0.4) is 0 Å². The predicted octanol–water partition coefficient (Wildman–Crippen LogP) is 7.30. The average Bonchev–Trinajstić information content (AvgIpc) is 2.88. The van der Waals surface area contributed by atoms with Crippen molar-refractivity contribution in [3.05, 3.63) is 119 Å². The van der Waals surface area contributed by atoms with Crippen molar-refractivity contribution in [3.8, 4) is 22.6 Å². The summed E-state index contributed by atoms with van der Waals surface area (Å²) in [6, 6.07) is 29.6. The monoisotopic (exact) mass is 464 g/mol. The second-order valence-corrected chi connectivity index (χ2v) is 8.85. The maximum absolute atomic E-state index is 13.2. The summed E-state index contributed by atoms with van der Waals surface area (Å²) >= 11 is 0. The van der Waals surface area contributed by atoms with Gasteiger partial charge < -0.3 is 9.47 Å². The summed E-state index contributed by atoms with van der Waals surface area (Å²) < 4.78 is 11.9. The van der Waals surface area contributed by atoms with Crippen molar-refractivity contribution in [2.24, 2.45) is 5.92 Å². The molecule has 0 aliphatic carbocycles. The molecule has 0 amide bonds. The Morgan fingerprint density at radius 1 is 0.686 bits per heavy atom. The van der Waals surface area contributed by atoms with Crippen LogP contribution in [0, 0.1) is 12.8 Å². The maximum Gasteiger partial charge on any atom is 0.343 e. The van der Waals surface area contributed by atoms with Gasteiger partial charge in [0.2, 0.25) is 0 Å². The molecule has 0 unspecified atom stereocenters. The molecule has 176 valence electrons. The fraction of sp³-hybridized carbons (Fsp3) is 0.161. The topological polar surface area (TPSA) is 52.6 Å². The first-order valence-corrected chi connectivity index (χ1v) is 11.7. The Hall–Kier alpha value is -4.18. The van der Waals surface area contributed by atoms with E-state index in [9.17, 15) is 9.59 Å². The van der Waals surface area contributed by atoms with Gasteiger partial charge in [-0.05, 0) is 66.3 Å². The van der Waals surface area contributed by atoms with E-state index in [1.165, 1.54) is 0 Å². The third-order valence-electron chi connectivity index (χ3n) is 5.63. The summed E-state index contributed by atoms with van der Waals surface area (Å²) in [4.78, 5) is 26.2. The van der Waals surface area contributed by atoms with E-state index in [1.807, 2.05) is 55.5 Å². The van der Waals surface area contributed by atoms with Crippen molar-refractivity contribution in [1.29, 1.82) is 0 Å². The van der Waals surface area contributed by atoms with Crippen molar-refractivity contribution in [2.45, 2.75) is 27.2 Å². The molecule has 0 aromatic heterocycles. The first kappa shape index (κ1) is 24.0. The number of carbonyl (C=O) groups excluding carboxylic acids is 2. The number of carbonyl (C=O) groups is 2. The SMILES string of the molecule is Cc1cc(-c2ccccc2)c(CC(C)C)c(OC(=O)c2ccccc2)c1OC(=O)c1ccccc1. The number of hydrogen-bond acceptors (Lipinski definition) is 4. The highest BCUT2D eigenvalue weighted by Gasteiger charge is 2.25. The molecule has 0 heterocycles. The third-order valence-corrected chi connectivity index (χ3v) is 5.63. The Morgan fingerprint density at radius 3 is 1.63 bits per heavy atom. The van der Waals surface area contributed by atoms with E-state index in [0.717, 1.165) is 16.7 Å². The van der Waals surface area contributed by atoms with Gasteiger partial charge in [-0.1, -0.05) is 80.6 Å². The van der Waals surface area contributed by atoms with Crippen molar-refractivity contribution in [1.82, 2.24) is 0 Å². The zero-order valence-corrected chi connectivity index (χ0v) is 20.2. The molecule has 0 fully saturated rings. The van der Waals surface area contributed by atoms with Gasteiger partial charge >= 0.3 is 11.9 Å². The Morgan fingerprint density at radius 2 is 1.14 bits per heavy atom. The van der Waals surface area contributed by atoms with E-state index < -0.39 is 11.9 Å². The highest BCUT2D eigenvalue weighted by molar-refractivity contribution is 5.94. The van der Waals surface area contributed by atoms with Gasteiger partial charge in [-0.2, -0.15) is 0 Å². The lowest BCUT2D eigenvalue weighted by Crippen LogP contribution is -2.16. The molecular weight excluding hydrogens is 436 g/mol. The number of rotatable bonds is 7. The molecular formula is C31H28O4. The summed E-state index contributed by atoms with van der Waals surface area (Å²) in [5.74, 6) is -0.188. The van der Waals surface area contributed by atoms with Crippen LogP contribution >= 0.6 is 0 Å². The van der Waals surface area contributed by atoms with Crippen LogP contribution in [-0.2, 0) is 6.42 Å². The van der Waals surface area contributed by atoms with Crippen LogP contribution in [-0.4, -0.2) is 11.9 Å². The molecule has 0 atom stereocenters. The first-order valence-electron chi connectivity index (χ1n) is 11.7. The van der Waals surface area contributed by atoms with Gasteiger partial charge in [0.05, 0.1) is 11.1 Å². The number of hydrogen-bond donors (Lipinski definition) is 0. The number of aryl methyl sites for hydroxylation is 1. The molecule has 0 N–H and O–H groups in total. The fourth-order valence-electron chi connectivity index (χ4n) is 3.98. The number of esters is 2. The Labute approximate surface area is 206 Å². The lowest BCUT2D eigenvalue weighted by Gasteiger charge is -2.21. The van der Waals surface area contributed by atoms with Gasteiger partial charge in [0.25, 0.3) is 0 Å². The Bertz CT molecular complexity index is 1310. The molecule has 4 nitrogen and oxygen atoms in total. The summed E-state index contributed by atoms with van der Waals surface area (Å²) in [6.45, 7) is 6.07. The standard InChI is InChI=1S/C31H28O4/c1-21(2)19-27-26(23-13-7-4-8-14-23)20-22(3)28(34-30(32)24-15-9-5-10-16-24)29(27)35-31(33)25-17-11-6-12-18-25/h4-18,20-21H,19H2,1-3H3. The largest absolute Gasteiger partial charge is 0.419 e. The highest BCUT2D eigenvalue weighted by Crippen LogP contribution is 2.43. The van der Waals surface area contributed by atoms with Gasteiger partial charge in [-0.25, -0.2) is 9.59 Å². The molecule has 4 heteroatoms. The smallest absolute Gasteiger partial charge is 0.343 e. The van der Waals surface area contributed by atoms with Gasteiger partial charge in [0.15, 0.2) is 11.5 Å². The molecule has 0 radical (unpaired) electrons. The van der Waals surface area contributed by atoms with Crippen LogP contribution in [0.25, 0.3) is 11.1 Å². The summed E-state index contributed by atoms with van der Waals surface area (Å²) in [7, 11) is 0. The second kappa shape index (κ2) is 10.8. The van der Waals surface area contributed by atoms with E-state index in [2.05, 4.69) is 13.8 Å². The molecule has 0 saturated heterocycles. The van der Waals surface area contributed by atoms with E-state index in [1.54, 1.807) is 48.5 Å². The van der Waals surface area contributed by atoms with Gasteiger partial charge in [-0.3, -0.25) is 0 Å². The van der Waals surface area contributed by atoms with E-state index >= 15 is 0 Å². The van der Waals surface area contributed by atoms with Crippen LogP contribution in [0.5, 0.6) is 11.5 Å². The Kier molecular flexibility index (Phi) is 7.41. The van der Waals surface area contributed by atoms with Gasteiger partial charge in [0.1, 0.15) is 0 Å². The molecule has 0 aliphatic rings. The average molecular weight is 465 g/mol. The minimum absolute atomic E-state index is 0.262. The molecule has 0 saturated carbocycles. The number of ether oxygens (including phenoxy) is 2. The highest BCUT2D eigenvalue weighted by atomic mass is 16.6. The van der Waals surface area contributed by atoms with Crippen molar-refractivity contribution < 1.29 is 19.1 Å². The first-order chi connectivity index (χ1) is 16.9. The maximum atomic E-state index is 13.2. The van der Waals surface area contributed by atoms with Crippen LogP contribution < -0.4 is 9.47 Å². The van der Waals surface area contributed by atoms with Crippen molar-refractivity contribution in [2.75, 3.05) is 0 Å². The van der Waals surface area contributed by atoms with E-state index in [4.69, 9.17) is 9.47 Å². The molecule has 35 heavy (non-hydrogen) atoms. The zero-order chi connectivity index (χ0) is 24.8.